The Balaban J connectivity index is 2.62. The first-order chi connectivity index (χ1) is 6.59. The minimum Gasteiger partial charge on any atom is -0.206 e. The largest absolute Gasteiger partial charge is 0.271 e. The van der Waals surface area contributed by atoms with Gasteiger partial charge in [0.05, 0.1) is 0 Å². The van der Waals surface area contributed by atoms with Crippen LogP contribution in [0, 0.1) is 0 Å². The lowest BCUT2D eigenvalue weighted by molar-refractivity contribution is 0.611. The molecule has 2 heterocycles. The van der Waals surface area contributed by atoms with Crippen molar-refractivity contribution in [2.24, 2.45) is 0 Å². The minimum absolute atomic E-state index is 0.220. The van der Waals surface area contributed by atoms with Crippen LogP contribution >= 0.6 is 33.4 Å². The summed E-state index contributed by atoms with van der Waals surface area (Å²) in [7, 11) is 1.69. The molecule has 0 fully saturated rings. The summed E-state index contributed by atoms with van der Waals surface area (Å²) in [6, 6.07) is 3.64. The van der Waals surface area contributed by atoms with Gasteiger partial charge in [-0.2, -0.15) is 11.3 Å². The van der Waals surface area contributed by atoms with Crippen LogP contribution in [-0.4, -0.2) is 8.42 Å². The zero-order chi connectivity index (χ0) is 10.2. The van der Waals surface area contributed by atoms with Crippen LogP contribution in [0.3, 0.4) is 0 Å². The normalized spacial score (nSPS) is 11.8. The van der Waals surface area contributed by atoms with Gasteiger partial charge in [-0.25, -0.2) is 8.42 Å². The van der Waals surface area contributed by atoms with E-state index in [2.05, 4.69) is 0 Å². The topological polar surface area (TPSA) is 34.1 Å². The zero-order valence-corrected chi connectivity index (χ0v) is 10.0. The Morgan fingerprint density at radius 2 is 2.00 bits per heavy atom. The maximum Gasteiger partial charge on any atom is 0.271 e. The molecule has 0 aliphatic heterocycles. The average Bonchev–Trinajstić information content (AvgIpc) is 2.73. The Bertz CT molecular complexity index is 525. The van der Waals surface area contributed by atoms with Crippen LogP contribution in [0.2, 0.25) is 0 Å². The molecule has 0 N–H and O–H groups in total. The third kappa shape index (κ3) is 1.86. The van der Waals surface area contributed by atoms with Gasteiger partial charge in [0.2, 0.25) is 0 Å². The van der Waals surface area contributed by atoms with Crippen LogP contribution in [0.25, 0.3) is 11.1 Å². The van der Waals surface area contributed by atoms with E-state index in [-0.39, 0.29) is 4.21 Å². The Morgan fingerprint density at radius 3 is 2.57 bits per heavy atom. The Kier molecular flexibility index (Phi) is 2.66. The molecule has 2 aromatic rings. The van der Waals surface area contributed by atoms with Crippen molar-refractivity contribution in [2.75, 3.05) is 0 Å². The van der Waals surface area contributed by atoms with E-state index >= 15 is 0 Å². The quantitative estimate of drug-likeness (QED) is 0.779. The van der Waals surface area contributed by atoms with Crippen LogP contribution < -0.4 is 0 Å². The van der Waals surface area contributed by atoms with E-state index in [0.717, 1.165) is 16.9 Å². The highest BCUT2D eigenvalue weighted by Crippen LogP contribution is 2.34. The molecule has 0 unspecified atom stereocenters. The van der Waals surface area contributed by atoms with Gasteiger partial charge < -0.3 is 0 Å². The molecular formula is C8H5ClO2S3. The van der Waals surface area contributed by atoms with E-state index < -0.39 is 9.05 Å². The first-order valence-corrected chi connectivity index (χ1v) is 7.77. The predicted octanol–water partition coefficient (Wildman–Crippen LogP) is 3.40. The molecule has 0 spiro atoms. The van der Waals surface area contributed by atoms with Crippen LogP contribution in [0.5, 0.6) is 0 Å². The van der Waals surface area contributed by atoms with E-state index in [1.165, 1.54) is 11.3 Å². The van der Waals surface area contributed by atoms with E-state index in [4.69, 9.17) is 10.7 Å². The molecular weight excluding hydrogens is 260 g/mol. The molecule has 0 aliphatic carbocycles. The Labute approximate surface area is 94.2 Å². The molecule has 74 valence electrons. The van der Waals surface area contributed by atoms with Crippen molar-refractivity contribution in [3.05, 3.63) is 28.3 Å². The lowest BCUT2D eigenvalue weighted by atomic mass is 10.2. The number of hydrogen-bond donors (Lipinski definition) is 0. The van der Waals surface area contributed by atoms with Gasteiger partial charge in [0.1, 0.15) is 4.21 Å². The fourth-order valence-electron chi connectivity index (χ4n) is 1.12. The number of rotatable bonds is 2. The summed E-state index contributed by atoms with van der Waals surface area (Å²) in [5, 5.41) is 5.52. The monoisotopic (exact) mass is 264 g/mol. The van der Waals surface area contributed by atoms with Gasteiger partial charge in [-0.3, -0.25) is 0 Å². The second kappa shape index (κ2) is 3.66. The van der Waals surface area contributed by atoms with Crippen molar-refractivity contribution in [1.29, 1.82) is 0 Å². The molecule has 6 heteroatoms. The number of hydrogen-bond acceptors (Lipinski definition) is 4. The summed E-state index contributed by atoms with van der Waals surface area (Å²) in [4.78, 5) is 0. The summed E-state index contributed by atoms with van der Waals surface area (Å²) < 4.78 is 22.6. The predicted molar refractivity (Wildman–Crippen MR) is 60.7 cm³/mol. The number of halogens is 1. The number of thiophene rings is 2. The fourth-order valence-corrected chi connectivity index (χ4v) is 4.06. The second-order valence-corrected chi connectivity index (χ2v) is 7.03. The smallest absolute Gasteiger partial charge is 0.206 e. The summed E-state index contributed by atoms with van der Waals surface area (Å²) >= 11 is 2.66. The van der Waals surface area contributed by atoms with Gasteiger partial charge in [-0.1, -0.05) is 0 Å². The summed E-state index contributed by atoms with van der Waals surface area (Å²) in [6.07, 6.45) is 0. The first-order valence-electron chi connectivity index (χ1n) is 3.64. The molecule has 0 amide bonds. The van der Waals surface area contributed by atoms with Gasteiger partial charge in [0.15, 0.2) is 0 Å². The van der Waals surface area contributed by atoms with Crippen LogP contribution in [0.4, 0.5) is 0 Å². The van der Waals surface area contributed by atoms with Crippen molar-refractivity contribution in [2.45, 2.75) is 4.21 Å². The second-order valence-electron chi connectivity index (χ2n) is 2.57. The molecule has 0 bridgehead atoms. The van der Waals surface area contributed by atoms with Gasteiger partial charge in [0.25, 0.3) is 9.05 Å². The van der Waals surface area contributed by atoms with Crippen molar-refractivity contribution in [3.8, 4) is 11.1 Å². The summed E-state index contributed by atoms with van der Waals surface area (Å²) in [6.45, 7) is 0. The standard InChI is InChI=1S/C8H5ClO2S3/c9-14(10,11)8-7(2-4-13-8)6-1-3-12-5-6/h1-5H. The molecule has 0 aliphatic rings. The molecule has 0 saturated carbocycles. The molecule has 0 saturated heterocycles. The molecule has 14 heavy (non-hydrogen) atoms. The zero-order valence-electron chi connectivity index (χ0n) is 6.81. The third-order valence-electron chi connectivity index (χ3n) is 1.68. The van der Waals surface area contributed by atoms with Crippen molar-refractivity contribution >= 4 is 42.4 Å². The van der Waals surface area contributed by atoms with E-state index in [1.54, 1.807) is 11.4 Å². The molecule has 0 atom stereocenters. The molecule has 0 radical (unpaired) electrons. The van der Waals surface area contributed by atoms with E-state index in [9.17, 15) is 8.42 Å². The molecule has 2 aromatic heterocycles. The van der Waals surface area contributed by atoms with Crippen LogP contribution in [-0.2, 0) is 9.05 Å². The summed E-state index contributed by atoms with van der Waals surface area (Å²) in [5.74, 6) is 0. The molecule has 0 aromatic carbocycles. The van der Waals surface area contributed by atoms with Gasteiger partial charge >= 0.3 is 0 Å². The molecule has 2 rings (SSSR count). The van der Waals surface area contributed by atoms with Crippen LogP contribution in [0.15, 0.2) is 32.5 Å². The average molecular weight is 265 g/mol. The molecule has 2 nitrogen and oxygen atoms in total. The highest BCUT2D eigenvalue weighted by Gasteiger charge is 2.18. The minimum atomic E-state index is -3.62. The van der Waals surface area contributed by atoms with Gasteiger partial charge in [-0.05, 0) is 33.8 Å². The maximum atomic E-state index is 11.2. The van der Waals surface area contributed by atoms with E-state index in [0.29, 0.717) is 5.56 Å². The Hall–Kier alpha value is -0.360. The third-order valence-corrected chi connectivity index (χ3v) is 5.42. The highest BCUT2D eigenvalue weighted by atomic mass is 35.7. The summed E-state index contributed by atoms with van der Waals surface area (Å²) in [5.41, 5.74) is 1.58. The van der Waals surface area contributed by atoms with Crippen LogP contribution in [0.1, 0.15) is 0 Å². The highest BCUT2D eigenvalue weighted by molar-refractivity contribution is 8.15. The SMILES string of the molecule is O=S(=O)(Cl)c1sccc1-c1ccsc1. The lowest BCUT2D eigenvalue weighted by Gasteiger charge is -1.96. The van der Waals surface area contributed by atoms with Crippen molar-refractivity contribution in [1.82, 2.24) is 0 Å². The van der Waals surface area contributed by atoms with Gasteiger partial charge in [0, 0.05) is 16.2 Å². The van der Waals surface area contributed by atoms with Crippen molar-refractivity contribution < 1.29 is 8.42 Å². The maximum absolute atomic E-state index is 11.2. The van der Waals surface area contributed by atoms with E-state index in [1.807, 2.05) is 16.8 Å². The van der Waals surface area contributed by atoms with Gasteiger partial charge in [-0.15, -0.1) is 11.3 Å². The Morgan fingerprint density at radius 1 is 1.21 bits per heavy atom. The fraction of sp³-hybridized carbons (Fsp3) is 0. The first kappa shape index (κ1) is 10.2. The van der Waals surface area contributed by atoms with Crippen molar-refractivity contribution in [3.63, 3.8) is 0 Å². The lowest BCUT2D eigenvalue weighted by Crippen LogP contribution is -1.87.